The van der Waals surface area contributed by atoms with Crippen LogP contribution >= 0.6 is 23.1 Å². The van der Waals surface area contributed by atoms with Crippen LogP contribution in [0.15, 0.2) is 47.5 Å². The molecule has 172 valence electrons. The van der Waals surface area contributed by atoms with Crippen LogP contribution in [-0.4, -0.2) is 49.8 Å². The predicted molar refractivity (Wildman–Crippen MR) is 121 cm³/mol. The minimum absolute atomic E-state index is 0.0859. The van der Waals surface area contributed by atoms with Crippen molar-refractivity contribution in [2.75, 3.05) is 6.26 Å². The molecule has 1 saturated heterocycles. The molecule has 3 aromatic rings. The van der Waals surface area contributed by atoms with Gasteiger partial charge in [-0.2, -0.15) is 4.40 Å². The fourth-order valence-corrected chi connectivity index (χ4v) is 7.29. The number of imidazole rings is 1. The zero-order valence-electron chi connectivity index (χ0n) is 18.3. The molecule has 0 bridgehead atoms. The lowest BCUT2D eigenvalue weighted by molar-refractivity contribution is -0.721. The van der Waals surface area contributed by atoms with Crippen molar-refractivity contribution in [3.05, 3.63) is 52.9 Å². The van der Waals surface area contributed by atoms with Crippen molar-refractivity contribution < 1.29 is 29.5 Å². The number of aromatic nitrogens is 2. The molecule has 2 aromatic heterocycles. The maximum atomic E-state index is 12.6. The van der Waals surface area contributed by atoms with Gasteiger partial charge in [0, 0.05) is 11.5 Å². The monoisotopic (exact) mass is 485 g/mol. The van der Waals surface area contributed by atoms with Gasteiger partial charge in [-0.1, -0.05) is 42.2 Å². The number of aliphatic carboxylic acids is 1. The molecule has 0 spiro atoms. The molecule has 2 aliphatic heterocycles. The number of phenolic OH excluding ortho intramolecular Hbond substituents is 1. The number of benzene rings is 1. The molecular weight excluding hydrogens is 462 g/mol. The average Bonchev–Trinajstić information content (AvgIpc) is 3.35. The highest BCUT2D eigenvalue weighted by molar-refractivity contribution is 7.98. The zero-order valence-corrected chi connectivity index (χ0v) is 19.9. The third kappa shape index (κ3) is 3.27. The van der Waals surface area contributed by atoms with E-state index in [1.807, 2.05) is 36.2 Å². The number of rotatable bonds is 6. The number of thioether (sulfide) groups is 1. The molecule has 0 aliphatic carbocycles. The Hall–Kier alpha value is -2.82. The number of β-lactam (4-membered cyclic amide) rings is 1. The van der Waals surface area contributed by atoms with Crippen molar-refractivity contribution >= 4 is 45.4 Å². The van der Waals surface area contributed by atoms with E-state index in [2.05, 4.69) is 4.57 Å². The lowest BCUT2D eigenvalue weighted by atomic mass is 9.77. The number of nitrogens with zero attached hydrogens (tertiary/aromatic N) is 3. The van der Waals surface area contributed by atoms with Crippen LogP contribution in [0.25, 0.3) is 10.4 Å². The minimum Gasteiger partial charge on any atom is -0.543 e. The molecule has 0 unspecified atom stereocenters. The quantitative estimate of drug-likeness (QED) is 0.307. The number of fused-ring (bicyclic) bond motifs is 2. The van der Waals surface area contributed by atoms with Crippen molar-refractivity contribution in [3.63, 3.8) is 0 Å². The first-order valence-electron chi connectivity index (χ1n) is 10.6. The molecular formula is C23H23N3O5S2. The summed E-state index contributed by atoms with van der Waals surface area (Å²) in [6, 6.07) is 6.74. The highest BCUT2D eigenvalue weighted by Gasteiger charge is 2.59. The number of aromatic hydroxyl groups is 1. The summed E-state index contributed by atoms with van der Waals surface area (Å²) in [4.78, 5) is 27.7. The fraction of sp³-hybridized carbons (Fsp3) is 0.348. The maximum Gasteiger partial charge on any atom is 0.250 e. The van der Waals surface area contributed by atoms with Gasteiger partial charge in [0.15, 0.2) is 0 Å². The standard InChI is InChI=1S/C23H23N3O5S2/c1-11-16(19(23(30)31)26-18(11)17(12(2)27)20(26)29)15-9-25-10-24(21(32-3)22(25)33-15)8-13-5-4-6-14(28)7-13/h4-7,9-12,17-18,27H,8H2,1-3H3,(H-,28,30,31)/t11-,12+,17+,18+/m0/s1. The van der Waals surface area contributed by atoms with Gasteiger partial charge >= 0.3 is 0 Å². The topological polar surface area (TPSA) is 109 Å². The van der Waals surface area contributed by atoms with Gasteiger partial charge in [-0.3, -0.25) is 4.79 Å². The van der Waals surface area contributed by atoms with Gasteiger partial charge in [0.05, 0.1) is 34.6 Å². The minimum atomic E-state index is -1.38. The highest BCUT2D eigenvalue weighted by Crippen LogP contribution is 2.51. The van der Waals surface area contributed by atoms with E-state index in [1.165, 1.54) is 16.2 Å². The number of carboxylic acids is 1. The van der Waals surface area contributed by atoms with Crippen LogP contribution in [0, 0.1) is 11.8 Å². The normalized spacial score (nSPS) is 23.2. The van der Waals surface area contributed by atoms with Gasteiger partial charge in [0.25, 0.3) is 6.33 Å². The maximum absolute atomic E-state index is 12.6. The second-order valence-corrected chi connectivity index (χ2v) is 10.4. The van der Waals surface area contributed by atoms with Crippen LogP contribution in [0.4, 0.5) is 0 Å². The largest absolute Gasteiger partial charge is 0.543 e. The molecule has 0 radical (unpaired) electrons. The zero-order chi connectivity index (χ0) is 23.6. The number of aliphatic hydroxyl groups is 1. The molecule has 33 heavy (non-hydrogen) atoms. The number of amides is 1. The Balaban J connectivity index is 1.56. The van der Waals surface area contributed by atoms with Crippen molar-refractivity contribution in [1.82, 2.24) is 9.30 Å². The third-order valence-corrected chi connectivity index (χ3v) is 8.58. The van der Waals surface area contributed by atoms with Gasteiger partial charge in [-0.25, -0.2) is 4.57 Å². The van der Waals surface area contributed by atoms with Crippen molar-refractivity contribution in [3.8, 4) is 5.75 Å². The molecule has 1 fully saturated rings. The summed E-state index contributed by atoms with van der Waals surface area (Å²) in [6.07, 6.45) is 4.97. The van der Waals surface area contributed by atoms with Crippen LogP contribution in [0.5, 0.6) is 5.75 Å². The molecule has 10 heteroatoms. The first-order chi connectivity index (χ1) is 15.7. The Bertz CT molecular complexity index is 1320. The van der Waals surface area contributed by atoms with E-state index in [1.54, 1.807) is 36.9 Å². The Morgan fingerprint density at radius 2 is 2.15 bits per heavy atom. The smallest absolute Gasteiger partial charge is 0.250 e. The highest BCUT2D eigenvalue weighted by atomic mass is 32.2. The summed E-state index contributed by atoms with van der Waals surface area (Å²) in [6.45, 7) is 4.05. The molecule has 4 heterocycles. The molecule has 8 nitrogen and oxygen atoms in total. The van der Waals surface area contributed by atoms with Gasteiger partial charge in [0.2, 0.25) is 15.8 Å². The molecule has 5 rings (SSSR count). The number of thiazole rings is 1. The fourth-order valence-electron chi connectivity index (χ4n) is 5.11. The van der Waals surface area contributed by atoms with Crippen LogP contribution in [0.2, 0.25) is 0 Å². The first-order valence-corrected chi connectivity index (χ1v) is 12.6. The molecule has 2 aliphatic rings. The molecule has 4 atom stereocenters. The van der Waals surface area contributed by atoms with E-state index in [-0.39, 0.29) is 29.3 Å². The number of carbonyl (C=O) groups excluding carboxylic acids is 2. The summed E-state index contributed by atoms with van der Waals surface area (Å²) in [5, 5.41) is 32.9. The van der Waals surface area contributed by atoms with E-state index in [4.69, 9.17) is 0 Å². The van der Waals surface area contributed by atoms with Gasteiger partial charge in [0.1, 0.15) is 18.5 Å². The summed E-state index contributed by atoms with van der Waals surface area (Å²) in [5.74, 6) is -2.37. The summed E-state index contributed by atoms with van der Waals surface area (Å²) >= 11 is 3.06. The van der Waals surface area contributed by atoms with Gasteiger partial charge < -0.3 is 25.0 Å². The lowest BCUT2D eigenvalue weighted by Gasteiger charge is -2.47. The summed E-state index contributed by atoms with van der Waals surface area (Å²) in [7, 11) is 0. The van der Waals surface area contributed by atoms with E-state index in [0.717, 1.165) is 20.3 Å². The number of phenols is 1. The lowest BCUT2D eigenvalue weighted by Crippen LogP contribution is -2.64. The second-order valence-electron chi connectivity index (χ2n) is 8.53. The van der Waals surface area contributed by atoms with Crippen molar-refractivity contribution in [1.29, 1.82) is 0 Å². The van der Waals surface area contributed by atoms with E-state index in [9.17, 15) is 24.9 Å². The number of aliphatic hydroxyl groups excluding tert-OH is 1. The van der Waals surface area contributed by atoms with Crippen molar-refractivity contribution in [2.45, 2.75) is 37.6 Å². The van der Waals surface area contributed by atoms with Crippen LogP contribution in [0.1, 0.15) is 24.3 Å². The number of carbonyl (C=O) groups is 2. The number of hydrogen-bond donors (Lipinski definition) is 2. The van der Waals surface area contributed by atoms with Gasteiger partial charge in [-0.15, -0.1) is 0 Å². The van der Waals surface area contributed by atoms with Crippen molar-refractivity contribution in [2.24, 2.45) is 11.8 Å². The van der Waals surface area contributed by atoms with E-state index >= 15 is 0 Å². The first kappa shape index (κ1) is 22.0. The Kier molecular flexibility index (Phi) is 5.26. The Labute approximate surface area is 198 Å². The second kappa shape index (κ2) is 7.89. The van der Waals surface area contributed by atoms with E-state index in [0.29, 0.717) is 12.1 Å². The predicted octanol–water partition coefficient (Wildman–Crippen LogP) is 1.08. The Morgan fingerprint density at radius 3 is 2.79 bits per heavy atom. The molecule has 2 N–H and O–H groups in total. The van der Waals surface area contributed by atoms with Crippen LogP contribution < -0.4 is 9.67 Å². The van der Waals surface area contributed by atoms with E-state index < -0.39 is 18.0 Å². The third-order valence-electron chi connectivity index (χ3n) is 6.49. The molecule has 1 aromatic carbocycles. The Morgan fingerprint density at radius 1 is 1.39 bits per heavy atom. The average molecular weight is 486 g/mol. The number of carboxylic acid groups (broad SMARTS) is 1. The van der Waals surface area contributed by atoms with Crippen LogP contribution in [0.3, 0.4) is 0 Å². The SMILES string of the molecule is CSc1c2sc(C3=C(C(=O)[O-])N4C(=O)[C@H]([C@@H](C)O)[C@H]4[C@H]3C)cn2c[n+]1Cc1cccc(O)c1. The molecule has 1 amide bonds. The summed E-state index contributed by atoms with van der Waals surface area (Å²) < 4.78 is 4.05. The molecule has 0 saturated carbocycles. The number of hydrogen-bond acceptors (Lipinski definition) is 7. The van der Waals surface area contributed by atoms with Gasteiger partial charge in [-0.05, 0) is 30.9 Å². The van der Waals surface area contributed by atoms with Crippen LogP contribution in [-0.2, 0) is 16.1 Å². The summed E-state index contributed by atoms with van der Waals surface area (Å²) in [5.41, 5.74) is 1.46.